The van der Waals surface area contributed by atoms with E-state index in [1.807, 2.05) is 0 Å². The van der Waals surface area contributed by atoms with Gasteiger partial charge in [-0.2, -0.15) is 0 Å². The van der Waals surface area contributed by atoms with Crippen molar-refractivity contribution in [3.05, 3.63) is 5.82 Å². The van der Waals surface area contributed by atoms with E-state index in [0.29, 0.717) is 24.3 Å². The second-order valence-electron chi connectivity index (χ2n) is 7.73. The van der Waals surface area contributed by atoms with Gasteiger partial charge in [-0.15, -0.1) is 10.2 Å². The summed E-state index contributed by atoms with van der Waals surface area (Å²) in [6, 6.07) is 0.819. The molecular weight excluding hydrogens is 336 g/mol. The number of hydrogen-bond acceptors (Lipinski definition) is 5. The highest BCUT2D eigenvalue weighted by atomic mass is 32.2. The van der Waals surface area contributed by atoms with E-state index in [0.717, 1.165) is 30.4 Å². The number of amides is 1. The summed E-state index contributed by atoms with van der Waals surface area (Å²) in [7, 11) is 0. The number of rotatable bonds is 5. The molecule has 3 aliphatic rings. The van der Waals surface area contributed by atoms with Crippen LogP contribution in [-0.2, 0) is 9.53 Å². The van der Waals surface area contributed by atoms with Gasteiger partial charge in [0.05, 0.1) is 24.5 Å². The fraction of sp³-hybridized carbons (Fsp3) is 0.833. The summed E-state index contributed by atoms with van der Waals surface area (Å²) in [4.78, 5) is 14.9. The highest BCUT2D eigenvalue weighted by molar-refractivity contribution is 7.99. The predicted molar refractivity (Wildman–Crippen MR) is 96.8 cm³/mol. The molecule has 0 bridgehead atoms. The number of ether oxygens (including phenoxy) is 1. The number of aromatic nitrogens is 3. The van der Waals surface area contributed by atoms with Crippen molar-refractivity contribution in [2.75, 3.05) is 18.9 Å². The van der Waals surface area contributed by atoms with Gasteiger partial charge in [-0.3, -0.25) is 4.79 Å². The summed E-state index contributed by atoms with van der Waals surface area (Å²) in [5.74, 6) is 2.09. The van der Waals surface area contributed by atoms with Crippen LogP contribution in [-0.4, -0.2) is 56.6 Å². The first-order valence-corrected chi connectivity index (χ1v) is 10.6. The molecule has 2 atom stereocenters. The first kappa shape index (κ1) is 17.3. The number of carbonyl (C=O) groups excluding carboxylic acids is 1. The first-order chi connectivity index (χ1) is 12.1. The van der Waals surface area contributed by atoms with Gasteiger partial charge in [-0.05, 0) is 25.7 Å². The molecule has 0 aromatic carbocycles. The Morgan fingerprint density at radius 3 is 2.80 bits per heavy atom. The van der Waals surface area contributed by atoms with Crippen molar-refractivity contribution < 1.29 is 9.53 Å². The maximum atomic E-state index is 12.9. The summed E-state index contributed by atoms with van der Waals surface area (Å²) in [6.07, 6.45) is 7.25. The molecule has 4 rings (SSSR count). The van der Waals surface area contributed by atoms with Crippen LogP contribution >= 0.6 is 11.8 Å². The van der Waals surface area contributed by atoms with Crippen molar-refractivity contribution in [3.63, 3.8) is 0 Å². The molecule has 2 aliphatic carbocycles. The minimum atomic E-state index is 0.224. The lowest BCUT2D eigenvalue weighted by Gasteiger charge is -2.43. The molecule has 0 N–H and O–H groups in total. The third-order valence-electron chi connectivity index (χ3n) is 5.50. The summed E-state index contributed by atoms with van der Waals surface area (Å²) in [6.45, 7) is 5.71. The maximum Gasteiger partial charge on any atom is 0.233 e. The Labute approximate surface area is 153 Å². The topological polar surface area (TPSA) is 60.3 Å². The van der Waals surface area contributed by atoms with Gasteiger partial charge < -0.3 is 14.2 Å². The lowest BCUT2D eigenvalue weighted by atomic mass is 9.90. The van der Waals surface area contributed by atoms with Crippen LogP contribution in [0.5, 0.6) is 0 Å². The zero-order valence-electron chi connectivity index (χ0n) is 15.2. The number of morpholine rings is 1. The average molecular weight is 365 g/mol. The average Bonchev–Trinajstić information content (AvgIpc) is 3.37. The Morgan fingerprint density at radius 1 is 1.24 bits per heavy atom. The van der Waals surface area contributed by atoms with E-state index in [4.69, 9.17) is 4.74 Å². The second-order valence-corrected chi connectivity index (χ2v) is 8.68. The molecular formula is C18H28N4O2S. The molecule has 138 valence electrons. The number of carbonyl (C=O) groups is 1. The predicted octanol–water partition coefficient (Wildman–Crippen LogP) is 3.00. The molecule has 1 aromatic heterocycles. The Kier molecular flexibility index (Phi) is 5.04. The van der Waals surface area contributed by atoms with E-state index in [1.165, 1.54) is 25.7 Å². The smallest absolute Gasteiger partial charge is 0.233 e. The lowest BCUT2D eigenvalue weighted by molar-refractivity contribution is -0.146. The molecule has 2 heterocycles. The van der Waals surface area contributed by atoms with Crippen molar-refractivity contribution in [1.82, 2.24) is 19.7 Å². The molecule has 1 aromatic rings. The van der Waals surface area contributed by atoms with Gasteiger partial charge in [-0.1, -0.05) is 38.5 Å². The molecule has 6 nitrogen and oxygen atoms in total. The van der Waals surface area contributed by atoms with E-state index >= 15 is 0 Å². The van der Waals surface area contributed by atoms with Crippen molar-refractivity contribution in [1.29, 1.82) is 0 Å². The summed E-state index contributed by atoms with van der Waals surface area (Å²) >= 11 is 1.55. The monoisotopic (exact) mass is 364 g/mol. The van der Waals surface area contributed by atoms with Gasteiger partial charge in [-0.25, -0.2) is 0 Å². The standard InChI is InChI=1S/C18H28N4O2S/c1-12(2)17-19-20-18(22(17)13-7-8-13)25-11-16(23)21-9-10-24-15-6-4-3-5-14(15)21/h12-15H,3-11H2,1-2H3/t14-,15-/m1/s1. The number of thioether (sulfide) groups is 1. The molecule has 25 heavy (non-hydrogen) atoms. The van der Waals surface area contributed by atoms with E-state index in [2.05, 4.69) is 33.5 Å². The van der Waals surface area contributed by atoms with E-state index < -0.39 is 0 Å². The van der Waals surface area contributed by atoms with Crippen molar-refractivity contribution in [2.45, 2.75) is 81.6 Å². The third-order valence-corrected chi connectivity index (χ3v) is 6.42. The zero-order valence-corrected chi connectivity index (χ0v) is 16.0. The highest BCUT2D eigenvalue weighted by Gasteiger charge is 2.37. The Morgan fingerprint density at radius 2 is 2.04 bits per heavy atom. The largest absolute Gasteiger partial charge is 0.374 e. The molecule has 0 radical (unpaired) electrons. The van der Waals surface area contributed by atoms with E-state index in [9.17, 15) is 4.79 Å². The van der Waals surface area contributed by atoms with E-state index in [1.54, 1.807) is 11.8 Å². The van der Waals surface area contributed by atoms with Gasteiger partial charge in [0.15, 0.2) is 5.16 Å². The van der Waals surface area contributed by atoms with Crippen LogP contribution in [0, 0.1) is 0 Å². The van der Waals surface area contributed by atoms with Crippen LogP contribution in [0.2, 0.25) is 0 Å². The Bertz CT molecular complexity index is 627. The third kappa shape index (κ3) is 3.58. The van der Waals surface area contributed by atoms with Crippen LogP contribution in [0.25, 0.3) is 0 Å². The van der Waals surface area contributed by atoms with Crippen molar-refractivity contribution in [2.24, 2.45) is 0 Å². The van der Waals surface area contributed by atoms with Crippen molar-refractivity contribution in [3.8, 4) is 0 Å². The molecule has 7 heteroatoms. The van der Waals surface area contributed by atoms with Crippen LogP contribution in [0.3, 0.4) is 0 Å². The molecule has 0 unspecified atom stereocenters. The lowest BCUT2D eigenvalue weighted by Crippen LogP contribution is -2.55. The molecule has 3 fully saturated rings. The highest BCUT2D eigenvalue weighted by Crippen LogP contribution is 2.40. The molecule has 2 saturated carbocycles. The summed E-state index contributed by atoms with van der Waals surface area (Å²) in [5.41, 5.74) is 0. The quantitative estimate of drug-likeness (QED) is 0.752. The van der Waals surface area contributed by atoms with Crippen LogP contribution < -0.4 is 0 Å². The Balaban J connectivity index is 1.42. The minimum absolute atomic E-state index is 0.224. The maximum absolute atomic E-state index is 12.9. The van der Waals surface area contributed by atoms with Gasteiger partial charge in [0.1, 0.15) is 5.82 Å². The van der Waals surface area contributed by atoms with E-state index in [-0.39, 0.29) is 18.1 Å². The van der Waals surface area contributed by atoms with Gasteiger partial charge in [0, 0.05) is 18.5 Å². The minimum Gasteiger partial charge on any atom is -0.374 e. The fourth-order valence-corrected chi connectivity index (χ4v) is 4.97. The zero-order chi connectivity index (χ0) is 17.4. The molecule has 0 spiro atoms. The van der Waals surface area contributed by atoms with Crippen molar-refractivity contribution >= 4 is 17.7 Å². The number of nitrogens with zero attached hydrogens (tertiary/aromatic N) is 4. The van der Waals surface area contributed by atoms with Gasteiger partial charge in [0.2, 0.25) is 5.91 Å². The normalized spacial score (nSPS) is 26.8. The molecule has 1 amide bonds. The number of fused-ring (bicyclic) bond motifs is 1. The second kappa shape index (κ2) is 7.27. The first-order valence-electron chi connectivity index (χ1n) is 9.64. The van der Waals surface area contributed by atoms with Gasteiger partial charge in [0.25, 0.3) is 0 Å². The van der Waals surface area contributed by atoms with Gasteiger partial charge >= 0.3 is 0 Å². The SMILES string of the molecule is CC(C)c1nnc(SCC(=O)N2CCO[C@@H]3CCCC[C@H]32)n1C1CC1. The molecule has 1 aliphatic heterocycles. The Hall–Kier alpha value is -1.08. The number of hydrogen-bond donors (Lipinski definition) is 0. The summed E-state index contributed by atoms with van der Waals surface area (Å²) in [5, 5.41) is 9.67. The summed E-state index contributed by atoms with van der Waals surface area (Å²) < 4.78 is 8.16. The fourth-order valence-electron chi connectivity index (χ4n) is 4.07. The van der Waals surface area contributed by atoms with Crippen LogP contribution in [0.15, 0.2) is 5.16 Å². The van der Waals surface area contributed by atoms with Crippen LogP contribution in [0.1, 0.15) is 70.2 Å². The molecule has 1 saturated heterocycles. The van der Waals surface area contributed by atoms with Crippen LogP contribution in [0.4, 0.5) is 0 Å².